The van der Waals surface area contributed by atoms with Crippen LogP contribution in [-0.2, 0) is 22.6 Å². The number of furan rings is 1. The highest BCUT2D eigenvalue weighted by Crippen LogP contribution is 2.15. The maximum absolute atomic E-state index is 5.69. The van der Waals surface area contributed by atoms with Crippen LogP contribution in [0.4, 0.5) is 0 Å². The molecule has 1 aromatic rings. The Bertz CT molecular complexity index is 331. The van der Waals surface area contributed by atoms with E-state index < -0.39 is 0 Å². The predicted octanol–water partition coefficient (Wildman–Crippen LogP) is 1.14. The molecule has 5 nitrogen and oxygen atoms in total. The third kappa shape index (κ3) is 4.78. The van der Waals surface area contributed by atoms with Crippen LogP contribution in [0, 0.1) is 6.92 Å². The summed E-state index contributed by atoms with van der Waals surface area (Å²) in [6.45, 7) is 6.34. The average molecular weight is 256 g/mol. The lowest BCUT2D eigenvalue weighted by molar-refractivity contribution is 0.106. The Morgan fingerprint density at radius 3 is 2.28 bits per heavy atom. The van der Waals surface area contributed by atoms with E-state index in [4.69, 9.17) is 19.6 Å². The maximum atomic E-state index is 5.69. The molecule has 2 N–H and O–H groups in total. The van der Waals surface area contributed by atoms with Gasteiger partial charge in [-0.1, -0.05) is 0 Å². The lowest BCUT2D eigenvalue weighted by Gasteiger charge is -2.20. The molecule has 0 saturated heterocycles. The first-order valence-electron chi connectivity index (χ1n) is 6.19. The lowest BCUT2D eigenvalue weighted by Crippen LogP contribution is -2.30. The van der Waals surface area contributed by atoms with Gasteiger partial charge in [0.1, 0.15) is 11.5 Å². The molecule has 1 rings (SSSR count). The molecule has 0 aliphatic heterocycles. The second-order valence-electron chi connectivity index (χ2n) is 4.26. The molecule has 0 spiro atoms. The monoisotopic (exact) mass is 256 g/mol. The van der Waals surface area contributed by atoms with Gasteiger partial charge in [0.2, 0.25) is 0 Å². The van der Waals surface area contributed by atoms with E-state index in [2.05, 4.69) is 4.90 Å². The summed E-state index contributed by atoms with van der Waals surface area (Å²) in [7, 11) is 3.41. The fraction of sp³-hybridized carbons (Fsp3) is 0.692. The zero-order chi connectivity index (χ0) is 13.4. The van der Waals surface area contributed by atoms with Crippen LogP contribution in [0.1, 0.15) is 17.1 Å². The molecule has 0 atom stereocenters. The summed E-state index contributed by atoms with van der Waals surface area (Å²) in [5.74, 6) is 1.85. The van der Waals surface area contributed by atoms with Crippen LogP contribution >= 0.6 is 0 Å². The van der Waals surface area contributed by atoms with Gasteiger partial charge in [-0.05, 0) is 13.0 Å². The Balaban J connectivity index is 2.56. The predicted molar refractivity (Wildman–Crippen MR) is 70.4 cm³/mol. The van der Waals surface area contributed by atoms with Crippen molar-refractivity contribution in [2.75, 3.05) is 40.5 Å². The summed E-state index contributed by atoms with van der Waals surface area (Å²) >= 11 is 0. The first-order chi connectivity index (χ1) is 8.71. The summed E-state index contributed by atoms with van der Waals surface area (Å²) in [4.78, 5) is 2.24. The van der Waals surface area contributed by atoms with Crippen LogP contribution in [0.25, 0.3) is 0 Å². The number of aryl methyl sites for hydroxylation is 1. The molecule has 0 aliphatic carbocycles. The van der Waals surface area contributed by atoms with Gasteiger partial charge in [-0.15, -0.1) is 0 Å². The largest absolute Gasteiger partial charge is 0.465 e. The van der Waals surface area contributed by atoms with Gasteiger partial charge in [0, 0.05) is 39.4 Å². The van der Waals surface area contributed by atoms with Crippen molar-refractivity contribution in [1.82, 2.24) is 4.90 Å². The van der Waals surface area contributed by atoms with Gasteiger partial charge >= 0.3 is 0 Å². The minimum Gasteiger partial charge on any atom is -0.465 e. The number of nitrogens with two attached hydrogens (primary N) is 1. The van der Waals surface area contributed by atoms with Crippen molar-refractivity contribution in [3.8, 4) is 0 Å². The molecule has 0 radical (unpaired) electrons. The minimum absolute atomic E-state index is 0.519. The molecule has 18 heavy (non-hydrogen) atoms. The van der Waals surface area contributed by atoms with Crippen molar-refractivity contribution in [1.29, 1.82) is 0 Å². The first kappa shape index (κ1) is 15.2. The maximum Gasteiger partial charge on any atom is 0.118 e. The van der Waals surface area contributed by atoms with Crippen LogP contribution in [0.3, 0.4) is 0 Å². The molecule has 0 saturated carbocycles. The fourth-order valence-electron chi connectivity index (χ4n) is 1.80. The molecule has 104 valence electrons. The molecule has 1 heterocycles. The molecule has 1 aromatic heterocycles. The van der Waals surface area contributed by atoms with Gasteiger partial charge in [-0.2, -0.15) is 0 Å². The van der Waals surface area contributed by atoms with E-state index in [-0.39, 0.29) is 0 Å². The SMILES string of the molecule is COCCN(CCOC)Cc1cc(CN)c(C)o1. The summed E-state index contributed by atoms with van der Waals surface area (Å²) in [6.07, 6.45) is 0. The summed E-state index contributed by atoms with van der Waals surface area (Å²) in [5, 5.41) is 0. The number of methoxy groups -OCH3 is 2. The van der Waals surface area contributed by atoms with Crippen molar-refractivity contribution in [2.24, 2.45) is 5.73 Å². The van der Waals surface area contributed by atoms with E-state index in [0.29, 0.717) is 19.8 Å². The van der Waals surface area contributed by atoms with E-state index in [1.54, 1.807) is 14.2 Å². The molecule has 0 unspecified atom stereocenters. The molecule has 0 aliphatic rings. The molecule has 0 fully saturated rings. The van der Waals surface area contributed by atoms with Crippen molar-refractivity contribution in [3.05, 3.63) is 23.2 Å². The highest BCUT2D eigenvalue weighted by Gasteiger charge is 2.11. The number of rotatable bonds is 9. The van der Waals surface area contributed by atoms with Gasteiger partial charge in [-0.25, -0.2) is 0 Å². The average Bonchev–Trinajstić information content (AvgIpc) is 2.72. The van der Waals surface area contributed by atoms with E-state index in [1.807, 2.05) is 13.0 Å². The fourth-order valence-corrected chi connectivity index (χ4v) is 1.80. The zero-order valence-electron chi connectivity index (χ0n) is 11.6. The number of hydrogen-bond donors (Lipinski definition) is 1. The van der Waals surface area contributed by atoms with Crippen molar-refractivity contribution < 1.29 is 13.9 Å². The Labute approximate surface area is 109 Å². The van der Waals surface area contributed by atoms with Gasteiger partial charge in [-0.3, -0.25) is 4.90 Å². The van der Waals surface area contributed by atoms with Crippen LogP contribution in [0.15, 0.2) is 10.5 Å². The summed E-state index contributed by atoms with van der Waals surface area (Å²) in [6, 6.07) is 2.03. The Kier molecular flexibility index (Phi) is 6.97. The van der Waals surface area contributed by atoms with Crippen LogP contribution in [0.2, 0.25) is 0 Å². The van der Waals surface area contributed by atoms with Gasteiger partial charge in [0.05, 0.1) is 19.8 Å². The lowest BCUT2D eigenvalue weighted by atomic mass is 10.2. The van der Waals surface area contributed by atoms with E-state index in [9.17, 15) is 0 Å². The van der Waals surface area contributed by atoms with Gasteiger partial charge < -0.3 is 19.6 Å². The van der Waals surface area contributed by atoms with Crippen LogP contribution in [-0.4, -0.2) is 45.4 Å². The zero-order valence-corrected chi connectivity index (χ0v) is 11.6. The highest BCUT2D eigenvalue weighted by atomic mass is 16.5. The van der Waals surface area contributed by atoms with Gasteiger partial charge in [0.25, 0.3) is 0 Å². The molecule has 0 amide bonds. The highest BCUT2D eigenvalue weighted by molar-refractivity contribution is 5.20. The van der Waals surface area contributed by atoms with Crippen molar-refractivity contribution in [3.63, 3.8) is 0 Å². The third-order valence-corrected chi connectivity index (χ3v) is 2.89. The molecule has 0 bridgehead atoms. The molecular formula is C13H24N2O3. The summed E-state index contributed by atoms with van der Waals surface area (Å²) < 4.78 is 15.9. The number of nitrogens with zero attached hydrogens (tertiary/aromatic N) is 1. The first-order valence-corrected chi connectivity index (χ1v) is 6.19. The molecule has 0 aromatic carbocycles. The third-order valence-electron chi connectivity index (χ3n) is 2.89. The van der Waals surface area contributed by atoms with Crippen LogP contribution < -0.4 is 5.73 Å². The Morgan fingerprint density at radius 2 is 1.83 bits per heavy atom. The van der Waals surface area contributed by atoms with E-state index in [1.165, 1.54) is 0 Å². The second kappa shape index (κ2) is 8.26. The van der Waals surface area contributed by atoms with Crippen molar-refractivity contribution >= 4 is 0 Å². The van der Waals surface area contributed by atoms with E-state index >= 15 is 0 Å². The smallest absolute Gasteiger partial charge is 0.118 e. The van der Waals surface area contributed by atoms with E-state index in [0.717, 1.165) is 36.7 Å². The topological polar surface area (TPSA) is 60.9 Å². The number of hydrogen-bond acceptors (Lipinski definition) is 5. The Hall–Kier alpha value is -0.880. The summed E-state index contributed by atoms with van der Waals surface area (Å²) in [5.41, 5.74) is 6.71. The minimum atomic E-state index is 0.519. The second-order valence-corrected chi connectivity index (χ2v) is 4.26. The van der Waals surface area contributed by atoms with Gasteiger partial charge in [0.15, 0.2) is 0 Å². The molecular weight excluding hydrogens is 232 g/mol. The standard InChI is InChI=1S/C13H24N2O3/c1-11-12(9-14)8-13(18-11)10-15(4-6-16-2)5-7-17-3/h8H,4-7,9-10,14H2,1-3H3. The normalized spacial score (nSPS) is 11.4. The van der Waals surface area contributed by atoms with Crippen LogP contribution in [0.5, 0.6) is 0 Å². The quantitative estimate of drug-likeness (QED) is 0.718. The Morgan fingerprint density at radius 1 is 1.22 bits per heavy atom. The number of ether oxygens (including phenoxy) is 2. The molecule has 5 heteroatoms. The van der Waals surface area contributed by atoms with Crippen molar-refractivity contribution in [2.45, 2.75) is 20.0 Å².